The zero-order valence-corrected chi connectivity index (χ0v) is 19.6. The van der Waals surface area contributed by atoms with E-state index in [0.717, 1.165) is 73.9 Å². The molecule has 0 aromatic heterocycles. The summed E-state index contributed by atoms with van der Waals surface area (Å²) in [5.74, 6) is 0.542. The van der Waals surface area contributed by atoms with Crippen molar-refractivity contribution in [1.82, 2.24) is 0 Å². The summed E-state index contributed by atoms with van der Waals surface area (Å²) in [5.41, 5.74) is 3.60. The number of hydrogen-bond donors (Lipinski definition) is 1. The maximum Gasteiger partial charge on any atom is 0.416 e. The molecule has 0 bridgehead atoms. The lowest BCUT2D eigenvalue weighted by molar-refractivity contribution is -0.137. The number of amides is 1. The fraction of sp³-hybridized carbons (Fsp3) is 0.536. The number of halogens is 3. The summed E-state index contributed by atoms with van der Waals surface area (Å²) in [6.07, 6.45) is 8.00. The number of hydrogen-bond acceptors (Lipinski definition) is 1. The molecule has 2 aromatic carbocycles. The van der Waals surface area contributed by atoms with Gasteiger partial charge in [0.1, 0.15) is 0 Å². The van der Waals surface area contributed by atoms with Crippen LogP contribution in [0.1, 0.15) is 99.3 Å². The Balaban J connectivity index is 1.68. The van der Waals surface area contributed by atoms with Crippen molar-refractivity contribution in [3.63, 3.8) is 0 Å². The van der Waals surface area contributed by atoms with Crippen LogP contribution in [0.3, 0.4) is 0 Å². The Labute approximate surface area is 196 Å². The summed E-state index contributed by atoms with van der Waals surface area (Å²) < 4.78 is 38.4. The van der Waals surface area contributed by atoms with Crippen LogP contribution in [-0.2, 0) is 23.8 Å². The number of nitrogens with one attached hydrogen (secondary N) is 1. The van der Waals surface area contributed by atoms with E-state index in [9.17, 15) is 18.0 Å². The van der Waals surface area contributed by atoms with Gasteiger partial charge in [-0.15, -0.1) is 0 Å². The average molecular weight is 460 g/mol. The SMILES string of the molecule is CCCCCCC(=O)Nc1ccc(CCc2ccc(C(F)(F)F)cc2)cc1C1CCCCC1. The van der Waals surface area contributed by atoms with Crippen LogP contribution < -0.4 is 5.32 Å². The molecule has 1 saturated carbocycles. The molecule has 0 atom stereocenters. The highest BCUT2D eigenvalue weighted by Gasteiger charge is 2.29. The minimum absolute atomic E-state index is 0.0840. The van der Waals surface area contributed by atoms with Crippen molar-refractivity contribution >= 4 is 11.6 Å². The van der Waals surface area contributed by atoms with Gasteiger partial charge in [0, 0.05) is 12.1 Å². The fourth-order valence-electron chi connectivity index (χ4n) is 4.71. The van der Waals surface area contributed by atoms with Crippen LogP contribution in [0, 0.1) is 0 Å². The molecule has 33 heavy (non-hydrogen) atoms. The largest absolute Gasteiger partial charge is 0.416 e. The van der Waals surface area contributed by atoms with Crippen LogP contribution in [0.5, 0.6) is 0 Å². The number of anilines is 1. The van der Waals surface area contributed by atoms with Crippen molar-refractivity contribution in [1.29, 1.82) is 0 Å². The third-order valence-corrected chi connectivity index (χ3v) is 6.68. The Morgan fingerprint density at radius 1 is 0.909 bits per heavy atom. The first-order chi connectivity index (χ1) is 15.9. The maximum atomic E-state index is 12.8. The minimum atomic E-state index is -4.30. The predicted octanol–water partition coefficient (Wildman–Crippen LogP) is 8.45. The van der Waals surface area contributed by atoms with Crippen LogP contribution in [0.4, 0.5) is 18.9 Å². The molecule has 0 spiro atoms. The van der Waals surface area contributed by atoms with Crippen molar-refractivity contribution in [2.75, 3.05) is 5.32 Å². The molecule has 1 fully saturated rings. The number of alkyl halides is 3. The van der Waals surface area contributed by atoms with E-state index in [1.807, 2.05) is 12.1 Å². The average Bonchev–Trinajstić information content (AvgIpc) is 2.81. The van der Waals surface area contributed by atoms with Crippen LogP contribution in [0.15, 0.2) is 42.5 Å². The van der Waals surface area contributed by atoms with Crippen LogP contribution in [0.2, 0.25) is 0 Å². The van der Waals surface area contributed by atoms with Gasteiger partial charge in [-0.1, -0.05) is 69.7 Å². The number of unbranched alkanes of at least 4 members (excludes halogenated alkanes) is 3. The third kappa shape index (κ3) is 7.90. The third-order valence-electron chi connectivity index (χ3n) is 6.68. The summed E-state index contributed by atoms with van der Waals surface area (Å²) in [5, 5.41) is 3.16. The molecule has 1 aliphatic carbocycles. The van der Waals surface area contributed by atoms with Gasteiger partial charge in [0.2, 0.25) is 5.91 Å². The van der Waals surface area contributed by atoms with E-state index in [1.165, 1.54) is 24.8 Å². The summed E-state index contributed by atoms with van der Waals surface area (Å²) in [6.45, 7) is 2.16. The molecule has 3 rings (SSSR count). The Bertz CT molecular complexity index is 883. The molecule has 2 nitrogen and oxygen atoms in total. The van der Waals surface area contributed by atoms with Crippen LogP contribution in [-0.4, -0.2) is 5.91 Å². The van der Waals surface area contributed by atoms with E-state index in [0.29, 0.717) is 18.8 Å². The standard InChI is InChI=1S/C28H36F3NO/c1-2-3-4-8-11-27(33)32-26-19-16-22(20-25(26)23-9-6-5-7-10-23)13-12-21-14-17-24(18-15-21)28(29,30)31/h14-20,23H,2-13H2,1H3,(H,32,33). The molecular formula is C28H36F3NO. The number of benzene rings is 2. The lowest BCUT2D eigenvalue weighted by atomic mass is 9.82. The van der Waals surface area contributed by atoms with E-state index in [1.54, 1.807) is 12.1 Å². The Morgan fingerprint density at radius 3 is 2.24 bits per heavy atom. The molecule has 180 valence electrons. The number of aryl methyl sites for hydroxylation is 2. The lowest BCUT2D eigenvalue weighted by Crippen LogP contribution is -2.15. The van der Waals surface area contributed by atoms with E-state index < -0.39 is 11.7 Å². The van der Waals surface area contributed by atoms with Gasteiger partial charge < -0.3 is 5.32 Å². The van der Waals surface area contributed by atoms with Gasteiger partial charge in [-0.25, -0.2) is 0 Å². The highest BCUT2D eigenvalue weighted by atomic mass is 19.4. The van der Waals surface area contributed by atoms with Gasteiger partial charge in [0.05, 0.1) is 5.56 Å². The maximum absolute atomic E-state index is 12.8. The molecule has 1 N–H and O–H groups in total. The molecule has 1 aliphatic rings. The smallest absolute Gasteiger partial charge is 0.326 e. The molecule has 1 amide bonds. The van der Waals surface area contributed by atoms with Crippen molar-refractivity contribution in [2.45, 2.75) is 96.1 Å². The van der Waals surface area contributed by atoms with Gasteiger partial charge in [0.15, 0.2) is 0 Å². The molecule has 0 aliphatic heterocycles. The first-order valence-electron chi connectivity index (χ1n) is 12.5. The Kier molecular flexibility index (Phi) is 9.40. The monoisotopic (exact) mass is 459 g/mol. The zero-order valence-electron chi connectivity index (χ0n) is 19.6. The summed E-state index contributed by atoms with van der Waals surface area (Å²) in [6, 6.07) is 11.7. The summed E-state index contributed by atoms with van der Waals surface area (Å²) in [7, 11) is 0. The molecule has 0 saturated heterocycles. The van der Waals surface area contributed by atoms with E-state index >= 15 is 0 Å². The summed E-state index contributed by atoms with van der Waals surface area (Å²) in [4.78, 5) is 12.5. The normalized spacial score (nSPS) is 14.9. The highest BCUT2D eigenvalue weighted by molar-refractivity contribution is 5.91. The van der Waals surface area contributed by atoms with Crippen molar-refractivity contribution in [2.24, 2.45) is 0 Å². The van der Waals surface area contributed by atoms with Gasteiger partial charge in [0.25, 0.3) is 0 Å². The van der Waals surface area contributed by atoms with E-state index in [-0.39, 0.29) is 5.91 Å². The molecule has 5 heteroatoms. The minimum Gasteiger partial charge on any atom is -0.326 e. The lowest BCUT2D eigenvalue weighted by Gasteiger charge is -2.25. The van der Waals surface area contributed by atoms with E-state index in [4.69, 9.17) is 0 Å². The Morgan fingerprint density at radius 2 is 1.58 bits per heavy atom. The number of carbonyl (C=O) groups is 1. The van der Waals surface area contributed by atoms with Crippen LogP contribution in [0.25, 0.3) is 0 Å². The van der Waals surface area contributed by atoms with Gasteiger partial charge >= 0.3 is 6.18 Å². The summed E-state index contributed by atoms with van der Waals surface area (Å²) >= 11 is 0. The zero-order chi connectivity index (χ0) is 23.7. The quantitative estimate of drug-likeness (QED) is 0.355. The van der Waals surface area contributed by atoms with Gasteiger partial charge in [-0.05, 0) is 72.9 Å². The number of carbonyl (C=O) groups excluding carboxylic acids is 1. The van der Waals surface area contributed by atoms with E-state index in [2.05, 4.69) is 18.3 Å². The first kappa shape index (κ1) is 25.3. The molecule has 0 radical (unpaired) electrons. The second-order valence-corrected chi connectivity index (χ2v) is 9.31. The molecule has 2 aromatic rings. The second-order valence-electron chi connectivity index (χ2n) is 9.31. The molecule has 0 unspecified atom stereocenters. The molecular weight excluding hydrogens is 423 g/mol. The van der Waals surface area contributed by atoms with Crippen molar-refractivity contribution in [3.05, 3.63) is 64.7 Å². The van der Waals surface area contributed by atoms with Gasteiger partial charge in [-0.3, -0.25) is 4.79 Å². The fourth-order valence-corrected chi connectivity index (χ4v) is 4.71. The van der Waals surface area contributed by atoms with Crippen molar-refractivity contribution < 1.29 is 18.0 Å². The van der Waals surface area contributed by atoms with Gasteiger partial charge in [-0.2, -0.15) is 13.2 Å². The molecule has 0 heterocycles. The predicted molar refractivity (Wildman–Crippen MR) is 129 cm³/mol. The Hall–Kier alpha value is -2.30. The first-order valence-corrected chi connectivity index (χ1v) is 12.5. The van der Waals surface area contributed by atoms with Crippen molar-refractivity contribution in [3.8, 4) is 0 Å². The second kappa shape index (κ2) is 12.2. The highest BCUT2D eigenvalue weighted by Crippen LogP contribution is 2.37. The topological polar surface area (TPSA) is 29.1 Å². The van der Waals surface area contributed by atoms with Crippen LogP contribution >= 0.6 is 0 Å². The number of rotatable bonds is 10.